The number of anilines is 1. The van der Waals surface area contributed by atoms with Gasteiger partial charge in [0.05, 0.1) is 6.61 Å². The molecule has 21 heavy (non-hydrogen) atoms. The number of fused-ring (bicyclic) bond motifs is 1. The molecule has 0 bridgehead atoms. The van der Waals surface area contributed by atoms with Gasteiger partial charge in [0, 0.05) is 11.6 Å². The highest BCUT2D eigenvalue weighted by Gasteiger charge is 2.14. The van der Waals surface area contributed by atoms with Crippen LogP contribution in [0.1, 0.15) is 17.4 Å². The topological polar surface area (TPSA) is 92.8 Å². The van der Waals surface area contributed by atoms with Crippen molar-refractivity contribution in [2.45, 2.75) is 6.92 Å². The van der Waals surface area contributed by atoms with Crippen molar-refractivity contribution in [3.05, 3.63) is 42.2 Å². The van der Waals surface area contributed by atoms with Crippen molar-refractivity contribution in [2.24, 2.45) is 0 Å². The number of nitrogens with zero attached hydrogens (tertiary/aromatic N) is 3. The molecule has 2 aromatic heterocycles. The van der Waals surface area contributed by atoms with E-state index >= 15 is 0 Å². The summed E-state index contributed by atoms with van der Waals surface area (Å²) in [5.74, 6) is -0.135. The van der Waals surface area contributed by atoms with Crippen molar-refractivity contribution in [1.82, 2.24) is 20.2 Å². The Balaban J connectivity index is 1.86. The Morgan fingerprint density at radius 1 is 1.33 bits per heavy atom. The zero-order valence-corrected chi connectivity index (χ0v) is 11.3. The predicted molar refractivity (Wildman–Crippen MR) is 77.2 cm³/mol. The molecule has 1 aromatic carbocycles. The Bertz CT molecular complexity index is 778. The van der Waals surface area contributed by atoms with Crippen molar-refractivity contribution in [3.8, 4) is 6.01 Å². The number of aromatic amines is 1. The van der Waals surface area contributed by atoms with Gasteiger partial charge in [-0.15, -0.1) is 5.10 Å². The molecule has 0 atom stereocenters. The average molecular weight is 283 g/mol. The second-order valence-electron chi connectivity index (χ2n) is 4.23. The monoisotopic (exact) mass is 283 g/mol. The molecule has 0 fully saturated rings. The van der Waals surface area contributed by atoms with Crippen LogP contribution in [0.4, 0.5) is 5.95 Å². The van der Waals surface area contributed by atoms with Gasteiger partial charge in [0.15, 0.2) is 0 Å². The van der Waals surface area contributed by atoms with Crippen molar-refractivity contribution < 1.29 is 9.53 Å². The summed E-state index contributed by atoms with van der Waals surface area (Å²) < 4.78 is 5.12. The van der Waals surface area contributed by atoms with Crippen LogP contribution in [-0.4, -0.2) is 32.7 Å². The van der Waals surface area contributed by atoms with Crippen LogP contribution in [0, 0.1) is 0 Å². The van der Waals surface area contributed by atoms with E-state index < -0.39 is 0 Å². The van der Waals surface area contributed by atoms with Gasteiger partial charge in [-0.2, -0.15) is 4.98 Å². The quantitative estimate of drug-likeness (QED) is 0.764. The minimum absolute atomic E-state index is 0.193. The number of aromatic nitrogens is 4. The van der Waals surface area contributed by atoms with E-state index in [-0.39, 0.29) is 17.9 Å². The fourth-order valence-corrected chi connectivity index (χ4v) is 1.96. The Morgan fingerprint density at radius 3 is 3.05 bits per heavy atom. The molecule has 0 saturated carbocycles. The van der Waals surface area contributed by atoms with Crippen LogP contribution in [0.2, 0.25) is 0 Å². The van der Waals surface area contributed by atoms with E-state index in [0.717, 1.165) is 10.8 Å². The van der Waals surface area contributed by atoms with Gasteiger partial charge in [-0.05, 0) is 18.4 Å². The smallest absolute Gasteiger partial charge is 0.337 e. The molecule has 2 heterocycles. The molecule has 0 radical (unpaired) electrons. The van der Waals surface area contributed by atoms with Crippen LogP contribution < -0.4 is 10.1 Å². The van der Waals surface area contributed by atoms with Crippen molar-refractivity contribution >= 4 is 22.6 Å². The molecular weight excluding hydrogens is 270 g/mol. The molecule has 3 aromatic rings. The van der Waals surface area contributed by atoms with Crippen LogP contribution in [0.25, 0.3) is 10.8 Å². The van der Waals surface area contributed by atoms with E-state index in [1.165, 1.54) is 0 Å². The van der Waals surface area contributed by atoms with Gasteiger partial charge in [0.1, 0.15) is 5.69 Å². The molecule has 0 unspecified atom stereocenters. The number of carbonyl (C=O) groups is 1. The Kier molecular flexibility index (Phi) is 3.46. The maximum atomic E-state index is 12.3. The standard InChI is InChI=1S/C14H13N5O2/c1-2-21-14-17-13(18-19-14)16-12(20)11-10-6-4-3-5-9(10)7-8-15-11/h3-8H,2H2,1H3,(H2,16,17,18,19,20). The lowest BCUT2D eigenvalue weighted by atomic mass is 10.1. The number of ether oxygens (including phenoxy) is 1. The second kappa shape index (κ2) is 5.58. The highest BCUT2D eigenvalue weighted by molar-refractivity contribution is 6.10. The molecule has 7 heteroatoms. The Morgan fingerprint density at radius 2 is 2.19 bits per heavy atom. The summed E-state index contributed by atoms with van der Waals surface area (Å²) in [4.78, 5) is 20.4. The van der Waals surface area contributed by atoms with Gasteiger partial charge >= 0.3 is 6.01 Å². The first kappa shape index (κ1) is 13.0. The van der Waals surface area contributed by atoms with Crippen LogP contribution in [0.5, 0.6) is 6.01 Å². The number of benzene rings is 1. The Hall–Kier alpha value is -2.96. The normalized spacial score (nSPS) is 10.5. The molecule has 0 spiro atoms. The summed E-state index contributed by atoms with van der Waals surface area (Å²) in [5.41, 5.74) is 0.336. The zero-order valence-electron chi connectivity index (χ0n) is 11.3. The van der Waals surface area contributed by atoms with Gasteiger partial charge in [-0.25, -0.2) is 5.10 Å². The van der Waals surface area contributed by atoms with Crippen LogP contribution in [0.15, 0.2) is 36.5 Å². The second-order valence-corrected chi connectivity index (χ2v) is 4.23. The van der Waals surface area contributed by atoms with Gasteiger partial charge < -0.3 is 4.74 Å². The lowest BCUT2D eigenvalue weighted by molar-refractivity contribution is 0.102. The van der Waals surface area contributed by atoms with Gasteiger partial charge in [0.2, 0.25) is 5.95 Å². The number of amides is 1. The summed E-state index contributed by atoms with van der Waals surface area (Å²) in [5, 5.41) is 10.8. The zero-order chi connectivity index (χ0) is 14.7. The number of rotatable bonds is 4. The lowest BCUT2D eigenvalue weighted by Gasteiger charge is -2.04. The maximum absolute atomic E-state index is 12.3. The summed E-state index contributed by atoms with van der Waals surface area (Å²) in [6.07, 6.45) is 1.60. The highest BCUT2D eigenvalue weighted by atomic mass is 16.5. The lowest BCUT2D eigenvalue weighted by Crippen LogP contribution is -2.15. The predicted octanol–water partition coefficient (Wildman–Crippen LogP) is 2.00. The number of nitrogens with one attached hydrogen (secondary N) is 2. The van der Waals surface area contributed by atoms with E-state index in [2.05, 4.69) is 25.5 Å². The first-order valence-corrected chi connectivity index (χ1v) is 6.48. The van der Waals surface area contributed by atoms with Crippen molar-refractivity contribution in [2.75, 3.05) is 11.9 Å². The number of hydrogen-bond acceptors (Lipinski definition) is 5. The van der Waals surface area contributed by atoms with Crippen LogP contribution >= 0.6 is 0 Å². The first-order chi connectivity index (χ1) is 10.3. The summed E-state index contributed by atoms with van der Waals surface area (Å²) in [6.45, 7) is 2.28. The largest absolute Gasteiger partial charge is 0.463 e. The SMILES string of the molecule is CCOc1n[nH]c(NC(=O)c2nccc3ccccc23)n1. The van der Waals surface area contributed by atoms with Crippen LogP contribution in [0.3, 0.4) is 0 Å². The highest BCUT2D eigenvalue weighted by Crippen LogP contribution is 2.17. The van der Waals surface area contributed by atoms with E-state index in [0.29, 0.717) is 12.3 Å². The fraction of sp³-hybridized carbons (Fsp3) is 0.143. The molecule has 0 aliphatic carbocycles. The summed E-state index contributed by atoms with van der Waals surface area (Å²) in [6, 6.07) is 9.60. The maximum Gasteiger partial charge on any atom is 0.337 e. The molecule has 0 saturated heterocycles. The van der Waals surface area contributed by atoms with Crippen molar-refractivity contribution in [1.29, 1.82) is 0 Å². The molecule has 0 aliphatic rings. The molecule has 0 aliphatic heterocycles. The van der Waals surface area contributed by atoms with E-state index in [4.69, 9.17) is 4.74 Å². The van der Waals surface area contributed by atoms with Gasteiger partial charge in [-0.3, -0.25) is 15.1 Å². The van der Waals surface area contributed by atoms with E-state index in [1.54, 1.807) is 6.20 Å². The molecule has 2 N–H and O–H groups in total. The number of carbonyl (C=O) groups excluding carboxylic acids is 1. The van der Waals surface area contributed by atoms with E-state index in [9.17, 15) is 4.79 Å². The van der Waals surface area contributed by atoms with Gasteiger partial charge in [0.25, 0.3) is 5.91 Å². The molecule has 1 amide bonds. The first-order valence-electron chi connectivity index (χ1n) is 6.48. The molecule has 7 nitrogen and oxygen atoms in total. The number of hydrogen-bond donors (Lipinski definition) is 2. The Labute approximate surface area is 120 Å². The minimum atomic E-state index is -0.356. The number of H-pyrrole nitrogens is 1. The van der Waals surface area contributed by atoms with E-state index in [1.807, 2.05) is 37.3 Å². The summed E-state index contributed by atoms with van der Waals surface area (Å²) in [7, 11) is 0. The third-order valence-electron chi connectivity index (χ3n) is 2.86. The summed E-state index contributed by atoms with van der Waals surface area (Å²) >= 11 is 0. The van der Waals surface area contributed by atoms with Crippen LogP contribution in [-0.2, 0) is 0 Å². The average Bonchev–Trinajstić information content (AvgIpc) is 2.94. The third-order valence-corrected chi connectivity index (χ3v) is 2.86. The molecule has 3 rings (SSSR count). The molecule has 106 valence electrons. The number of pyridine rings is 1. The van der Waals surface area contributed by atoms with Gasteiger partial charge in [-0.1, -0.05) is 24.3 Å². The fourth-order valence-electron chi connectivity index (χ4n) is 1.96. The van der Waals surface area contributed by atoms with Crippen molar-refractivity contribution in [3.63, 3.8) is 0 Å². The third kappa shape index (κ3) is 2.66. The molecular formula is C14H13N5O2. The minimum Gasteiger partial charge on any atom is -0.463 e.